The molecule has 0 aliphatic carbocycles. The minimum Gasteiger partial charge on any atom is -0.487 e. The zero-order valence-electron chi connectivity index (χ0n) is 19.4. The van der Waals surface area contributed by atoms with Gasteiger partial charge in [-0.2, -0.15) is 0 Å². The van der Waals surface area contributed by atoms with E-state index in [4.69, 9.17) is 4.74 Å². The summed E-state index contributed by atoms with van der Waals surface area (Å²) in [5, 5.41) is 5.61. The van der Waals surface area contributed by atoms with E-state index in [-0.39, 0.29) is 24.2 Å². The molecule has 0 bridgehead atoms. The molecule has 0 radical (unpaired) electrons. The van der Waals surface area contributed by atoms with Crippen LogP contribution in [0.15, 0.2) is 79.1 Å². The van der Waals surface area contributed by atoms with Crippen LogP contribution in [-0.4, -0.2) is 21.9 Å². The summed E-state index contributed by atoms with van der Waals surface area (Å²) in [5.41, 5.74) is 3.56. The third kappa shape index (κ3) is 4.85. The van der Waals surface area contributed by atoms with Gasteiger partial charge in [0, 0.05) is 29.7 Å². The van der Waals surface area contributed by atoms with Crippen LogP contribution < -0.4 is 20.3 Å². The normalized spacial score (nSPS) is 12.5. The van der Waals surface area contributed by atoms with E-state index in [9.17, 15) is 14.0 Å². The Balaban J connectivity index is 1.33. The lowest BCUT2D eigenvalue weighted by Crippen LogP contribution is -2.39. The van der Waals surface area contributed by atoms with E-state index in [1.54, 1.807) is 53.6 Å². The third-order valence-electron chi connectivity index (χ3n) is 5.78. The van der Waals surface area contributed by atoms with Gasteiger partial charge in [0.2, 0.25) is 0 Å². The molecule has 0 unspecified atom stereocenters. The number of ether oxygens (including phenoxy) is 1. The highest BCUT2D eigenvalue weighted by Crippen LogP contribution is 2.33. The number of carbonyl (C=O) groups is 2. The second-order valence-corrected chi connectivity index (χ2v) is 8.23. The molecule has 4 aromatic rings. The maximum absolute atomic E-state index is 13.9. The highest BCUT2D eigenvalue weighted by Gasteiger charge is 2.26. The number of fused-ring (bicyclic) bond motifs is 1. The Morgan fingerprint density at radius 2 is 1.94 bits per heavy atom. The number of aromatic nitrogens is 2. The Hall–Kier alpha value is -4.79. The topological polar surface area (TPSA) is 96.4 Å². The molecule has 8 nitrogen and oxygen atoms in total. The molecule has 0 saturated heterocycles. The van der Waals surface area contributed by atoms with Crippen LogP contribution in [-0.2, 0) is 13.2 Å². The van der Waals surface area contributed by atoms with Gasteiger partial charge in [0.25, 0.3) is 5.91 Å². The van der Waals surface area contributed by atoms with Gasteiger partial charge in [0.15, 0.2) is 0 Å². The Kier molecular flexibility index (Phi) is 6.27. The first-order valence-corrected chi connectivity index (χ1v) is 11.2. The summed E-state index contributed by atoms with van der Waals surface area (Å²) in [6.07, 6.45) is 3.10. The molecule has 1 aliphatic rings. The average Bonchev–Trinajstić information content (AvgIpc) is 2.89. The lowest BCUT2D eigenvalue weighted by molar-refractivity contribution is 0.102. The average molecular weight is 484 g/mol. The van der Waals surface area contributed by atoms with Crippen molar-refractivity contribution in [3.63, 3.8) is 0 Å². The maximum Gasteiger partial charge on any atom is 0.326 e. The van der Waals surface area contributed by atoms with Crippen LogP contribution in [0.5, 0.6) is 5.75 Å². The molecular weight excluding hydrogens is 461 g/mol. The molecule has 3 amide bonds. The molecule has 2 aromatic heterocycles. The fourth-order valence-electron chi connectivity index (χ4n) is 3.86. The number of rotatable bonds is 6. The number of hydrogen-bond donors (Lipinski definition) is 2. The van der Waals surface area contributed by atoms with Crippen molar-refractivity contribution < 1.29 is 18.7 Å². The van der Waals surface area contributed by atoms with Gasteiger partial charge in [-0.25, -0.2) is 14.2 Å². The van der Waals surface area contributed by atoms with E-state index >= 15 is 0 Å². The van der Waals surface area contributed by atoms with E-state index in [1.165, 1.54) is 18.3 Å². The fraction of sp³-hybridized carbons (Fsp3) is 0.111. The predicted octanol–water partition coefficient (Wildman–Crippen LogP) is 5.31. The number of carbonyl (C=O) groups excluding carboxylic acids is 2. The van der Waals surface area contributed by atoms with Gasteiger partial charge in [0.05, 0.1) is 12.2 Å². The van der Waals surface area contributed by atoms with Crippen molar-refractivity contribution in [3.8, 4) is 5.75 Å². The van der Waals surface area contributed by atoms with Crippen molar-refractivity contribution in [2.24, 2.45) is 0 Å². The zero-order chi connectivity index (χ0) is 25.1. The molecule has 0 saturated carbocycles. The van der Waals surface area contributed by atoms with Crippen LogP contribution >= 0.6 is 0 Å². The summed E-state index contributed by atoms with van der Waals surface area (Å²) < 4.78 is 19.6. The third-order valence-corrected chi connectivity index (χ3v) is 5.78. The standard InChI is InChI=1S/C27H22FN5O3/c1-17-7-10-20(36-16-23-21(28)5-4-12-29-23)14-24(17)33-15-19-9-8-18(13-22(19)31-27(33)35)26(34)32-25-6-2-3-11-30-25/h2-14H,15-16H2,1H3,(H,31,35)(H,30,32,34). The highest BCUT2D eigenvalue weighted by atomic mass is 19.1. The minimum atomic E-state index is -0.440. The van der Waals surface area contributed by atoms with Gasteiger partial charge < -0.3 is 15.4 Å². The highest BCUT2D eigenvalue weighted by molar-refractivity contribution is 6.08. The van der Waals surface area contributed by atoms with E-state index in [0.29, 0.717) is 35.1 Å². The maximum atomic E-state index is 13.9. The number of benzene rings is 2. The smallest absolute Gasteiger partial charge is 0.326 e. The number of pyridine rings is 2. The van der Waals surface area contributed by atoms with E-state index in [0.717, 1.165) is 11.1 Å². The van der Waals surface area contributed by atoms with E-state index in [1.807, 2.05) is 19.1 Å². The Bertz CT molecular complexity index is 1440. The van der Waals surface area contributed by atoms with Crippen molar-refractivity contribution in [2.45, 2.75) is 20.1 Å². The molecule has 5 rings (SSSR count). The lowest BCUT2D eigenvalue weighted by Gasteiger charge is -2.31. The fourth-order valence-corrected chi connectivity index (χ4v) is 3.86. The molecule has 1 aliphatic heterocycles. The van der Waals surface area contributed by atoms with Gasteiger partial charge in [-0.3, -0.25) is 14.7 Å². The van der Waals surface area contributed by atoms with Gasteiger partial charge in [-0.05, 0) is 60.5 Å². The van der Waals surface area contributed by atoms with Crippen molar-refractivity contribution >= 4 is 29.1 Å². The number of urea groups is 1. The van der Waals surface area contributed by atoms with Crippen LogP contribution in [0.1, 0.15) is 27.2 Å². The van der Waals surface area contributed by atoms with Gasteiger partial charge in [-0.15, -0.1) is 0 Å². The van der Waals surface area contributed by atoms with Crippen LogP contribution in [0.25, 0.3) is 0 Å². The zero-order valence-corrected chi connectivity index (χ0v) is 19.4. The molecular formula is C27H22FN5O3. The number of hydrogen-bond acceptors (Lipinski definition) is 5. The number of aryl methyl sites for hydroxylation is 1. The van der Waals surface area contributed by atoms with Crippen LogP contribution in [0.2, 0.25) is 0 Å². The SMILES string of the molecule is Cc1ccc(OCc2ncccc2F)cc1N1Cc2ccc(C(=O)Nc3ccccn3)cc2NC1=O. The molecule has 180 valence electrons. The summed E-state index contributed by atoms with van der Waals surface area (Å²) in [5.74, 6) is 0.169. The van der Waals surface area contributed by atoms with Gasteiger partial charge in [0.1, 0.15) is 29.7 Å². The van der Waals surface area contributed by atoms with Crippen molar-refractivity contribution in [3.05, 3.63) is 107 Å². The molecule has 2 N–H and O–H groups in total. The Morgan fingerprint density at radius 3 is 2.75 bits per heavy atom. The second kappa shape index (κ2) is 9.83. The van der Waals surface area contributed by atoms with E-state index in [2.05, 4.69) is 20.6 Å². The molecule has 2 aromatic carbocycles. The summed E-state index contributed by atoms with van der Waals surface area (Å²) in [6, 6.07) is 18.3. The van der Waals surface area contributed by atoms with Crippen molar-refractivity contribution in [2.75, 3.05) is 15.5 Å². The predicted molar refractivity (Wildman–Crippen MR) is 134 cm³/mol. The van der Waals surface area contributed by atoms with Crippen LogP contribution in [0, 0.1) is 12.7 Å². The first-order chi connectivity index (χ1) is 17.5. The number of nitrogens with zero attached hydrogens (tertiary/aromatic N) is 3. The first-order valence-electron chi connectivity index (χ1n) is 11.2. The van der Waals surface area contributed by atoms with Gasteiger partial charge in [-0.1, -0.05) is 18.2 Å². The summed E-state index contributed by atoms with van der Waals surface area (Å²) in [7, 11) is 0. The Morgan fingerprint density at radius 1 is 1.08 bits per heavy atom. The Labute approximate surface area is 206 Å². The monoisotopic (exact) mass is 483 g/mol. The van der Waals surface area contributed by atoms with Crippen LogP contribution in [0.3, 0.4) is 0 Å². The number of nitrogens with one attached hydrogen (secondary N) is 2. The number of halogens is 1. The molecule has 3 heterocycles. The summed E-state index contributed by atoms with van der Waals surface area (Å²) in [4.78, 5) is 35.3. The van der Waals surface area contributed by atoms with Crippen molar-refractivity contribution in [1.82, 2.24) is 9.97 Å². The second-order valence-electron chi connectivity index (χ2n) is 8.23. The van der Waals surface area contributed by atoms with Crippen LogP contribution in [0.4, 0.5) is 26.4 Å². The number of anilines is 3. The van der Waals surface area contributed by atoms with Crippen molar-refractivity contribution in [1.29, 1.82) is 0 Å². The quantitative estimate of drug-likeness (QED) is 0.388. The first kappa shape index (κ1) is 23.0. The molecule has 0 fully saturated rings. The van der Waals surface area contributed by atoms with Gasteiger partial charge >= 0.3 is 6.03 Å². The number of amides is 3. The van der Waals surface area contributed by atoms with E-state index < -0.39 is 5.82 Å². The molecule has 0 spiro atoms. The molecule has 9 heteroatoms. The summed E-state index contributed by atoms with van der Waals surface area (Å²) in [6.45, 7) is 2.17. The lowest BCUT2D eigenvalue weighted by atomic mass is 10.0. The molecule has 0 atom stereocenters. The summed E-state index contributed by atoms with van der Waals surface area (Å²) >= 11 is 0. The molecule has 36 heavy (non-hydrogen) atoms. The minimum absolute atomic E-state index is 0.0342. The largest absolute Gasteiger partial charge is 0.487 e.